The molecule has 114 valence electrons. The standard InChI is InChI=1S/C15H31NO2S/c1-6-10-16-13(7-2)9-8-11-19-12-14(17)18-15(3,4)5/h13,16H,6-12H2,1-5H3. The van der Waals surface area contributed by atoms with Gasteiger partial charge in [0.2, 0.25) is 0 Å². The highest BCUT2D eigenvalue weighted by Gasteiger charge is 2.15. The summed E-state index contributed by atoms with van der Waals surface area (Å²) < 4.78 is 5.27. The maximum Gasteiger partial charge on any atom is 0.316 e. The zero-order chi connectivity index (χ0) is 14.7. The number of nitrogens with one attached hydrogen (secondary N) is 1. The van der Waals surface area contributed by atoms with E-state index in [4.69, 9.17) is 4.74 Å². The average molecular weight is 289 g/mol. The molecular formula is C15H31NO2S. The van der Waals surface area contributed by atoms with Crippen molar-refractivity contribution >= 4 is 17.7 Å². The van der Waals surface area contributed by atoms with Crippen molar-refractivity contribution in [1.82, 2.24) is 5.32 Å². The fraction of sp³-hybridized carbons (Fsp3) is 0.933. The van der Waals surface area contributed by atoms with Gasteiger partial charge in [-0.2, -0.15) is 11.8 Å². The quantitative estimate of drug-likeness (QED) is 0.492. The molecule has 1 N–H and O–H groups in total. The summed E-state index contributed by atoms with van der Waals surface area (Å²) in [6, 6.07) is 0.627. The fourth-order valence-electron chi connectivity index (χ4n) is 1.76. The first-order valence-electron chi connectivity index (χ1n) is 7.42. The van der Waals surface area contributed by atoms with Gasteiger partial charge in [0.05, 0.1) is 5.75 Å². The molecule has 0 amide bonds. The van der Waals surface area contributed by atoms with Crippen LogP contribution in [0, 0.1) is 0 Å². The molecule has 4 heteroatoms. The van der Waals surface area contributed by atoms with Crippen LogP contribution >= 0.6 is 11.8 Å². The number of hydrogen-bond acceptors (Lipinski definition) is 4. The largest absolute Gasteiger partial charge is 0.459 e. The number of esters is 1. The Balaban J connectivity index is 3.55. The molecule has 0 aromatic carbocycles. The fourth-order valence-corrected chi connectivity index (χ4v) is 2.50. The molecule has 0 aromatic rings. The van der Waals surface area contributed by atoms with E-state index in [0.29, 0.717) is 11.8 Å². The average Bonchev–Trinajstić information content (AvgIpc) is 2.30. The topological polar surface area (TPSA) is 38.3 Å². The van der Waals surface area contributed by atoms with Gasteiger partial charge in [-0.15, -0.1) is 0 Å². The molecule has 0 saturated carbocycles. The minimum Gasteiger partial charge on any atom is -0.459 e. The first-order chi connectivity index (χ1) is 8.89. The predicted molar refractivity (Wildman–Crippen MR) is 84.8 cm³/mol. The third-order valence-corrected chi connectivity index (χ3v) is 3.67. The number of ether oxygens (including phenoxy) is 1. The predicted octanol–water partition coefficient (Wildman–Crippen LogP) is 3.62. The number of hydrogen-bond donors (Lipinski definition) is 1. The van der Waals surface area contributed by atoms with Crippen molar-refractivity contribution in [3.8, 4) is 0 Å². The molecule has 0 saturated heterocycles. The SMILES string of the molecule is CCCNC(CC)CCCSCC(=O)OC(C)(C)C. The van der Waals surface area contributed by atoms with Crippen LogP contribution in [0.2, 0.25) is 0 Å². The van der Waals surface area contributed by atoms with Crippen LogP contribution in [0.1, 0.15) is 60.3 Å². The Labute approximate surface area is 123 Å². The van der Waals surface area contributed by atoms with Crippen LogP contribution in [0.3, 0.4) is 0 Å². The molecule has 0 radical (unpaired) electrons. The molecule has 0 fully saturated rings. The molecular weight excluding hydrogens is 258 g/mol. The molecule has 0 aliphatic heterocycles. The van der Waals surface area contributed by atoms with Gasteiger partial charge < -0.3 is 10.1 Å². The normalized spacial score (nSPS) is 13.3. The molecule has 0 aliphatic rings. The minimum atomic E-state index is -0.366. The Morgan fingerprint density at radius 1 is 1.32 bits per heavy atom. The lowest BCUT2D eigenvalue weighted by Gasteiger charge is -2.19. The number of carbonyl (C=O) groups excluding carboxylic acids is 1. The van der Waals surface area contributed by atoms with E-state index in [1.807, 2.05) is 20.8 Å². The van der Waals surface area contributed by atoms with Crippen LogP contribution in [-0.2, 0) is 9.53 Å². The van der Waals surface area contributed by atoms with Crippen molar-refractivity contribution in [3.63, 3.8) is 0 Å². The van der Waals surface area contributed by atoms with E-state index in [-0.39, 0.29) is 11.6 Å². The summed E-state index contributed by atoms with van der Waals surface area (Å²) in [5.41, 5.74) is -0.366. The maximum absolute atomic E-state index is 11.5. The summed E-state index contributed by atoms with van der Waals surface area (Å²) in [6.07, 6.45) is 4.71. The molecule has 1 unspecified atom stereocenters. The van der Waals surface area contributed by atoms with Crippen LogP contribution in [0.25, 0.3) is 0 Å². The Kier molecular flexibility index (Phi) is 10.4. The monoisotopic (exact) mass is 289 g/mol. The van der Waals surface area contributed by atoms with Crippen LogP contribution < -0.4 is 5.32 Å². The highest BCUT2D eigenvalue weighted by atomic mass is 32.2. The summed E-state index contributed by atoms with van der Waals surface area (Å²) in [4.78, 5) is 11.5. The van der Waals surface area contributed by atoms with E-state index in [2.05, 4.69) is 19.2 Å². The smallest absolute Gasteiger partial charge is 0.316 e. The number of rotatable bonds is 10. The Hall–Kier alpha value is -0.220. The van der Waals surface area contributed by atoms with Gasteiger partial charge in [0.25, 0.3) is 0 Å². The van der Waals surface area contributed by atoms with Gasteiger partial charge in [-0.1, -0.05) is 13.8 Å². The summed E-state index contributed by atoms with van der Waals surface area (Å²) in [5, 5.41) is 3.55. The summed E-state index contributed by atoms with van der Waals surface area (Å²) in [6.45, 7) is 11.2. The van der Waals surface area contributed by atoms with E-state index in [0.717, 1.165) is 18.7 Å². The van der Waals surface area contributed by atoms with Crippen molar-refractivity contribution < 1.29 is 9.53 Å². The molecule has 0 heterocycles. The molecule has 19 heavy (non-hydrogen) atoms. The molecule has 1 atom stereocenters. The highest BCUT2D eigenvalue weighted by Crippen LogP contribution is 2.12. The van der Waals surface area contributed by atoms with E-state index in [1.165, 1.54) is 19.3 Å². The first kappa shape index (κ1) is 18.8. The second kappa shape index (κ2) is 10.6. The molecule has 0 bridgehead atoms. The number of thioether (sulfide) groups is 1. The van der Waals surface area contributed by atoms with E-state index in [9.17, 15) is 4.79 Å². The lowest BCUT2D eigenvalue weighted by Crippen LogP contribution is -2.29. The van der Waals surface area contributed by atoms with Gasteiger partial charge in [0, 0.05) is 6.04 Å². The Bertz CT molecular complexity index is 239. The van der Waals surface area contributed by atoms with Gasteiger partial charge in [-0.05, 0) is 58.8 Å². The molecule has 0 rings (SSSR count). The molecule has 3 nitrogen and oxygen atoms in total. The van der Waals surface area contributed by atoms with Gasteiger partial charge >= 0.3 is 5.97 Å². The van der Waals surface area contributed by atoms with Crippen molar-refractivity contribution in [2.24, 2.45) is 0 Å². The first-order valence-corrected chi connectivity index (χ1v) is 8.57. The molecule has 0 aromatic heterocycles. The third-order valence-electron chi connectivity index (χ3n) is 2.66. The Morgan fingerprint density at radius 3 is 2.53 bits per heavy atom. The minimum absolute atomic E-state index is 0.103. The van der Waals surface area contributed by atoms with Crippen molar-refractivity contribution in [3.05, 3.63) is 0 Å². The second-order valence-electron chi connectivity index (χ2n) is 5.84. The maximum atomic E-state index is 11.5. The summed E-state index contributed by atoms with van der Waals surface area (Å²) in [7, 11) is 0. The van der Waals surface area contributed by atoms with Crippen molar-refractivity contribution in [2.45, 2.75) is 71.9 Å². The van der Waals surface area contributed by atoms with Gasteiger partial charge in [0.1, 0.15) is 5.60 Å². The third kappa shape index (κ3) is 12.6. The van der Waals surface area contributed by atoms with Crippen molar-refractivity contribution in [1.29, 1.82) is 0 Å². The second-order valence-corrected chi connectivity index (χ2v) is 6.95. The van der Waals surface area contributed by atoms with Crippen LogP contribution in [0.4, 0.5) is 0 Å². The van der Waals surface area contributed by atoms with E-state index < -0.39 is 0 Å². The van der Waals surface area contributed by atoms with Crippen LogP contribution in [0.15, 0.2) is 0 Å². The lowest BCUT2D eigenvalue weighted by atomic mass is 10.1. The van der Waals surface area contributed by atoms with Gasteiger partial charge in [-0.3, -0.25) is 4.79 Å². The van der Waals surface area contributed by atoms with E-state index >= 15 is 0 Å². The lowest BCUT2D eigenvalue weighted by molar-refractivity contribution is -0.151. The Morgan fingerprint density at radius 2 is 2.00 bits per heavy atom. The van der Waals surface area contributed by atoms with Crippen molar-refractivity contribution in [2.75, 3.05) is 18.1 Å². The zero-order valence-electron chi connectivity index (χ0n) is 13.3. The highest BCUT2D eigenvalue weighted by molar-refractivity contribution is 7.99. The summed E-state index contributed by atoms with van der Waals surface area (Å²) >= 11 is 1.68. The van der Waals surface area contributed by atoms with Gasteiger partial charge in [0.15, 0.2) is 0 Å². The zero-order valence-corrected chi connectivity index (χ0v) is 14.1. The molecule has 0 spiro atoms. The van der Waals surface area contributed by atoms with Crippen LogP contribution in [-0.4, -0.2) is 35.7 Å². The van der Waals surface area contributed by atoms with E-state index in [1.54, 1.807) is 11.8 Å². The molecule has 0 aliphatic carbocycles. The van der Waals surface area contributed by atoms with Crippen LogP contribution in [0.5, 0.6) is 0 Å². The number of carbonyl (C=O) groups is 1. The summed E-state index contributed by atoms with van der Waals surface area (Å²) in [5.74, 6) is 1.40. The van der Waals surface area contributed by atoms with Gasteiger partial charge in [-0.25, -0.2) is 0 Å².